The van der Waals surface area contributed by atoms with E-state index in [2.05, 4.69) is 114 Å². The van der Waals surface area contributed by atoms with Crippen LogP contribution in [-0.4, -0.2) is 19.5 Å². The molecular weight excluding hydrogens is 564 g/mol. The maximum atomic E-state index is 6.07. The quantitative estimate of drug-likeness (QED) is 0.200. The van der Waals surface area contributed by atoms with Crippen LogP contribution in [-0.2, 0) is 0 Å². The molecule has 0 aliphatic rings. The van der Waals surface area contributed by atoms with Crippen LogP contribution in [0.5, 0.6) is 0 Å². The zero-order valence-corrected chi connectivity index (χ0v) is 24.7. The minimum absolute atomic E-state index is 0.606. The summed E-state index contributed by atoms with van der Waals surface area (Å²) in [5, 5.41) is 2.16. The van der Waals surface area contributed by atoms with E-state index in [1.165, 1.54) is 0 Å². The Morgan fingerprint density at radius 1 is 0.478 bits per heavy atom. The Balaban J connectivity index is 1.24. The van der Waals surface area contributed by atoms with Crippen LogP contribution >= 0.6 is 0 Å². The van der Waals surface area contributed by atoms with E-state index < -0.39 is 0 Å². The summed E-state index contributed by atoms with van der Waals surface area (Å²) in [6, 6.07) is 53.9. The van der Waals surface area contributed by atoms with Gasteiger partial charge in [0, 0.05) is 27.8 Å². The molecule has 3 heterocycles. The fourth-order valence-corrected chi connectivity index (χ4v) is 6.29. The molecule has 6 aromatic carbocycles. The number of aromatic nitrogens is 4. The van der Waals surface area contributed by atoms with Gasteiger partial charge in [-0.2, -0.15) is 0 Å². The van der Waals surface area contributed by atoms with E-state index in [-0.39, 0.29) is 0 Å². The Bertz CT molecular complexity index is 2500. The van der Waals surface area contributed by atoms with E-state index in [0.717, 1.165) is 72.2 Å². The molecule has 0 aliphatic carbocycles. The van der Waals surface area contributed by atoms with E-state index in [0.29, 0.717) is 11.7 Å². The lowest BCUT2D eigenvalue weighted by Crippen LogP contribution is -1.99. The highest BCUT2D eigenvalue weighted by Gasteiger charge is 2.21. The molecule has 9 rings (SSSR count). The minimum Gasteiger partial charge on any atom is -0.436 e. The van der Waals surface area contributed by atoms with Gasteiger partial charge in [0.25, 0.3) is 0 Å². The molecule has 5 nitrogen and oxygen atoms in total. The van der Waals surface area contributed by atoms with Crippen molar-refractivity contribution < 1.29 is 4.42 Å². The maximum absolute atomic E-state index is 6.07. The van der Waals surface area contributed by atoms with Gasteiger partial charge in [0.2, 0.25) is 5.89 Å². The standard InChI is InChI=1S/C41H26N4O/c1-3-13-27(14-4-1)38-37-33-21-7-9-23-35(33)45(32-19-5-2-6-20-32)40(37)44-39(43-38)30-17-11-15-28(25-30)29-16-12-18-31(26-29)41-42-34-22-8-10-24-36(34)46-41/h1-26H. The van der Waals surface area contributed by atoms with Gasteiger partial charge in [-0.1, -0.05) is 109 Å². The third-order valence-electron chi connectivity index (χ3n) is 8.44. The van der Waals surface area contributed by atoms with E-state index in [1.807, 2.05) is 48.5 Å². The van der Waals surface area contributed by atoms with Crippen LogP contribution in [0.15, 0.2) is 162 Å². The van der Waals surface area contributed by atoms with Crippen molar-refractivity contribution in [2.24, 2.45) is 0 Å². The summed E-state index contributed by atoms with van der Waals surface area (Å²) in [5.41, 5.74) is 10.6. The van der Waals surface area contributed by atoms with Crippen molar-refractivity contribution in [3.05, 3.63) is 158 Å². The molecular formula is C41H26N4O. The van der Waals surface area contributed by atoms with Crippen LogP contribution in [0.4, 0.5) is 0 Å². The number of hydrogen-bond acceptors (Lipinski definition) is 4. The van der Waals surface area contributed by atoms with Gasteiger partial charge in [-0.25, -0.2) is 15.0 Å². The normalized spacial score (nSPS) is 11.5. The van der Waals surface area contributed by atoms with Gasteiger partial charge in [0.05, 0.1) is 16.6 Å². The van der Waals surface area contributed by atoms with Crippen molar-refractivity contribution in [2.45, 2.75) is 0 Å². The van der Waals surface area contributed by atoms with Crippen molar-refractivity contribution in [2.75, 3.05) is 0 Å². The number of para-hydroxylation sites is 4. The first-order valence-corrected chi connectivity index (χ1v) is 15.3. The van der Waals surface area contributed by atoms with E-state index in [4.69, 9.17) is 19.4 Å². The molecule has 46 heavy (non-hydrogen) atoms. The van der Waals surface area contributed by atoms with Crippen molar-refractivity contribution >= 4 is 33.0 Å². The molecule has 0 saturated carbocycles. The largest absolute Gasteiger partial charge is 0.436 e. The predicted molar refractivity (Wildman–Crippen MR) is 186 cm³/mol. The van der Waals surface area contributed by atoms with Crippen molar-refractivity contribution in [3.8, 4) is 50.9 Å². The number of rotatable bonds is 5. The van der Waals surface area contributed by atoms with E-state index in [1.54, 1.807) is 0 Å². The Hall–Kier alpha value is -6.33. The first kappa shape index (κ1) is 26.1. The van der Waals surface area contributed by atoms with E-state index in [9.17, 15) is 0 Å². The molecule has 0 saturated heterocycles. The lowest BCUT2D eigenvalue weighted by atomic mass is 10.0. The van der Waals surface area contributed by atoms with Gasteiger partial charge in [0.15, 0.2) is 11.4 Å². The smallest absolute Gasteiger partial charge is 0.227 e. The van der Waals surface area contributed by atoms with Crippen LogP contribution in [0, 0.1) is 0 Å². The average molecular weight is 591 g/mol. The second kappa shape index (κ2) is 10.7. The van der Waals surface area contributed by atoms with Gasteiger partial charge in [-0.3, -0.25) is 4.57 Å². The number of oxazole rings is 1. The molecule has 0 spiro atoms. The summed E-state index contributed by atoms with van der Waals surface area (Å²) in [6.07, 6.45) is 0. The van der Waals surface area contributed by atoms with Gasteiger partial charge in [-0.15, -0.1) is 0 Å². The molecule has 216 valence electrons. The molecule has 0 aliphatic heterocycles. The monoisotopic (exact) mass is 590 g/mol. The molecule has 0 bridgehead atoms. The Kier molecular flexibility index (Phi) is 6.06. The first-order valence-electron chi connectivity index (χ1n) is 15.3. The van der Waals surface area contributed by atoms with Gasteiger partial charge in [0.1, 0.15) is 11.2 Å². The second-order valence-corrected chi connectivity index (χ2v) is 11.3. The Morgan fingerprint density at radius 3 is 1.91 bits per heavy atom. The average Bonchev–Trinajstić information content (AvgIpc) is 3.72. The third-order valence-corrected chi connectivity index (χ3v) is 8.44. The zero-order valence-electron chi connectivity index (χ0n) is 24.7. The molecule has 0 unspecified atom stereocenters. The third kappa shape index (κ3) is 4.37. The first-order chi connectivity index (χ1) is 22.8. The minimum atomic E-state index is 0.606. The highest BCUT2D eigenvalue weighted by atomic mass is 16.3. The lowest BCUT2D eigenvalue weighted by Gasteiger charge is -2.11. The number of fused-ring (bicyclic) bond motifs is 4. The summed E-state index contributed by atoms with van der Waals surface area (Å²) in [4.78, 5) is 15.3. The molecule has 0 atom stereocenters. The molecule has 5 heteroatoms. The maximum Gasteiger partial charge on any atom is 0.227 e. The summed E-state index contributed by atoms with van der Waals surface area (Å²) in [5.74, 6) is 1.28. The van der Waals surface area contributed by atoms with Gasteiger partial charge >= 0.3 is 0 Å². The highest BCUT2D eigenvalue weighted by Crippen LogP contribution is 2.38. The van der Waals surface area contributed by atoms with Crippen LogP contribution in [0.1, 0.15) is 0 Å². The number of hydrogen-bond donors (Lipinski definition) is 0. The van der Waals surface area contributed by atoms with E-state index >= 15 is 0 Å². The zero-order chi connectivity index (χ0) is 30.5. The van der Waals surface area contributed by atoms with Gasteiger partial charge in [-0.05, 0) is 59.7 Å². The van der Waals surface area contributed by atoms with Crippen LogP contribution in [0.2, 0.25) is 0 Å². The molecule has 0 amide bonds. The second-order valence-electron chi connectivity index (χ2n) is 11.3. The lowest BCUT2D eigenvalue weighted by molar-refractivity contribution is 0.620. The highest BCUT2D eigenvalue weighted by molar-refractivity contribution is 6.14. The molecule has 3 aromatic heterocycles. The van der Waals surface area contributed by atoms with Crippen molar-refractivity contribution in [1.82, 2.24) is 19.5 Å². The number of nitrogens with zero attached hydrogens (tertiary/aromatic N) is 4. The summed E-state index contributed by atoms with van der Waals surface area (Å²) in [7, 11) is 0. The number of benzene rings is 6. The Labute approximate surface area is 265 Å². The van der Waals surface area contributed by atoms with Crippen molar-refractivity contribution in [1.29, 1.82) is 0 Å². The van der Waals surface area contributed by atoms with Gasteiger partial charge < -0.3 is 4.42 Å². The predicted octanol–water partition coefficient (Wildman–Crippen LogP) is 10.4. The molecule has 9 aromatic rings. The summed E-state index contributed by atoms with van der Waals surface area (Å²) < 4.78 is 8.32. The van der Waals surface area contributed by atoms with Crippen LogP contribution in [0.25, 0.3) is 83.9 Å². The summed E-state index contributed by atoms with van der Waals surface area (Å²) in [6.45, 7) is 0. The van der Waals surface area contributed by atoms with Crippen molar-refractivity contribution in [3.63, 3.8) is 0 Å². The Morgan fingerprint density at radius 2 is 1.11 bits per heavy atom. The fourth-order valence-electron chi connectivity index (χ4n) is 6.29. The fraction of sp³-hybridized carbons (Fsp3) is 0. The van der Waals surface area contributed by atoms with Crippen LogP contribution in [0.3, 0.4) is 0 Å². The molecule has 0 radical (unpaired) electrons. The molecule has 0 N–H and O–H groups in total. The molecule has 0 fully saturated rings. The topological polar surface area (TPSA) is 56.7 Å². The summed E-state index contributed by atoms with van der Waals surface area (Å²) >= 11 is 0. The van der Waals surface area contributed by atoms with Crippen LogP contribution < -0.4 is 0 Å². The SMILES string of the molecule is c1ccc(-c2nc(-c3cccc(-c4cccc(-c5nc6ccccc6o5)c4)c3)nc3c2c2ccccc2n3-c2ccccc2)cc1.